The third-order valence-electron chi connectivity index (χ3n) is 5.47. The minimum atomic E-state index is 0.503. The summed E-state index contributed by atoms with van der Waals surface area (Å²) in [6.07, 6.45) is 10.9. The monoisotopic (exact) mass is 374 g/mol. The van der Waals surface area contributed by atoms with Crippen LogP contribution in [0.1, 0.15) is 86.0 Å². The molecule has 4 nitrogen and oxygen atoms in total. The number of nitrogens with zero attached hydrogens (tertiary/aromatic N) is 2. The minimum absolute atomic E-state index is 0.503. The maximum Gasteiger partial charge on any atom is 0.0571 e. The van der Waals surface area contributed by atoms with Crippen molar-refractivity contribution in [3.8, 4) is 0 Å². The van der Waals surface area contributed by atoms with Gasteiger partial charge < -0.3 is 20.4 Å². The molecule has 0 radical (unpaired) electrons. The first-order chi connectivity index (χ1) is 12.7. The smallest absolute Gasteiger partial charge is 0.0571 e. The highest BCUT2D eigenvalue weighted by molar-refractivity contribution is 4.66. The quantitative estimate of drug-likeness (QED) is 0.245. The molecule has 0 saturated carbocycles. The predicted molar refractivity (Wildman–Crippen MR) is 118 cm³/mol. The van der Waals surface area contributed by atoms with Crippen molar-refractivity contribution in [2.24, 2.45) is 0 Å². The lowest BCUT2D eigenvalue weighted by Crippen LogP contribution is -2.43. The van der Waals surface area contributed by atoms with Gasteiger partial charge in [-0.2, -0.15) is 0 Å². The largest absolute Gasteiger partial charge is 0.304 e. The second-order valence-corrected chi connectivity index (χ2v) is 7.42. The Balaban J connectivity index is 3.89. The van der Waals surface area contributed by atoms with Crippen LogP contribution < -0.4 is 10.6 Å². The summed E-state index contributed by atoms with van der Waals surface area (Å²) in [6.45, 7) is 20.8. The summed E-state index contributed by atoms with van der Waals surface area (Å²) in [5.41, 5.74) is 0. The van der Waals surface area contributed by atoms with Gasteiger partial charge in [0, 0.05) is 0 Å². The molecule has 26 heavy (non-hydrogen) atoms. The van der Waals surface area contributed by atoms with Gasteiger partial charge in [0.1, 0.15) is 0 Å². The van der Waals surface area contributed by atoms with Gasteiger partial charge in [-0.25, -0.2) is 0 Å². The van der Waals surface area contributed by atoms with Crippen LogP contribution in [-0.2, 0) is 0 Å². The van der Waals surface area contributed by atoms with Gasteiger partial charge in [-0.15, -0.1) is 0 Å². The Morgan fingerprint density at radius 1 is 0.577 bits per heavy atom. The summed E-state index contributed by atoms with van der Waals surface area (Å²) in [6, 6.07) is 0. The second-order valence-electron chi connectivity index (χ2n) is 7.42. The number of rotatable bonds is 20. The third-order valence-corrected chi connectivity index (χ3v) is 5.47. The molecule has 0 rings (SSSR count). The Morgan fingerprint density at radius 3 is 1.42 bits per heavy atom. The molecular weight excluding hydrogens is 324 g/mol. The van der Waals surface area contributed by atoms with Gasteiger partial charge in [-0.3, -0.25) is 0 Å². The Labute approximate surface area is 165 Å². The van der Waals surface area contributed by atoms with E-state index in [9.17, 15) is 0 Å². The highest BCUT2D eigenvalue weighted by atomic mass is 16.7. The van der Waals surface area contributed by atoms with Gasteiger partial charge in [-0.1, -0.05) is 53.9 Å². The molecule has 0 aliphatic carbocycles. The molecule has 0 aromatic carbocycles. The summed E-state index contributed by atoms with van der Waals surface area (Å²) in [4.78, 5) is 5.04. The van der Waals surface area contributed by atoms with Crippen LogP contribution in [0.5, 0.6) is 0 Å². The lowest BCUT2D eigenvalue weighted by molar-refractivity contribution is 0.289. The molecule has 0 aromatic heterocycles. The first-order valence-electron chi connectivity index (χ1n) is 11.6. The van der Waals surface area contributed by atoms with Crippen molar-refractivity contribution in [2.45, 2.75) is 92.2 Å². The fourth-order valence-corrected chi connectivity index (χ4v) is 3.43. The first-order valence-corrected chi connectivity index (χ1v) is 11.6. The van der Waals surface area contributed by atoms with Gasteiger partial charge >= 0.3 is 0 Å². The molecule has 4 heteroatoms. The van der Waals surface area contributed by atoms with Gasteiger partial charge in [0.05, 0.1) is 6.17 Å². The molecule has 0 amide bonds. The van der Waals surface area contributed by atoms with Crippen LogP contribution >= 0.6 is 0 Å². The first kappa shape index (κ1) is 25.8. The van der Waals surface area contributed by atoms with E-state index in [4.69, 9.17) is 0 Å². The molecule has 0 spiro atoms. The summed E-state index contributed by atoms with van der Waals surface area (Å²) in [5, 5.41) is 7.54. The average Bonchev–Trinajstić information content (AvgIpc) is 2.67. The Hall–Kier alpha value is -0.160. The van der Waals surface area contributed by atoms with Crippen molar-refractivity contribution in [3.05, 3.63) is 0 Å². The molecule has 0 atom stereocenters. The van der Waals surface area contributed by atoms with Crippen molar-refractivity contribution in [1.29, 1.82) is 0 Å². The van der Waals surface area contributed by atoms with Crippen LogP contribution in [0.3, 0.4) is 0 Å². The van der Waals surface area contributed by atoms with Crippen molar-refractivity contribution < 1.29 is 0 Å². The molecule has 0 saturated heterocycles. The number of hydrogen-bond acceptors (Lipinski definition) is 4. The van der Waals surface area contributed by atoms with E-state index in [2.05, 4.69) is 55.1 Å². The van der Waals surface area contributed by atoms with Crippen LogP contribution in [0.25, 0.3) is 0 Å². The highest BCUT2D eigenvalue weighted by Gasteiger charge is 2.07. The molecule has 0 heterocycles. The number of unbranched alkanes of at least 4 members (excludes halogenated alkanes) is 4. The Morgan fingerprint density at radius 2 is 1.04 bits per heavy atom. The molecule has 0 aliphatic rings. The summed E-state index contributed by atoms with van der Waals surface area (Å²) in [7, 11) is 0. The SMILES string of the molecule is CCCCCC(NCCCC[16N](CC)CC)NCCCC[16N](CC)CC. The minimum Gasteiger partial charge on any atom is -0.304 e. The van der Waals surface area contributed by atoms with Crippen LogP contribution in [0.15, 0.2) is 0 Å². The van der Waals surface area contributed by atoms with Gasteiger partial charge in [0.25, 0.3) is 0 Å². The van der Waals surface area contributed by atoms with Gasteiger partial charge in [-0.05, 0) is 84.5 Å². The third kappa shape index (κ3) is 15.0. The van der Waals surface area contributed by atoms with Crippen molar-refractivity contribution in [2.75, 3.05) is 52.4 Å². The lowest BCUT2D eigenvalue weighted by atomic mass is 10.1. The van der Waals surface area contributed by atoms with Crippen molar-refractivity contribution in [3.63, 3.8) is 0 Å². The summed E-state index contributed by atoms with van der Waals surface area (Å²) in [5.74, 6) is 0. The van der Waals surface area contributed by atoms with E-state index in [0.717, 1.165) is 13.1 Å². The Kier molecular flexibility index (Phi) is 19.5. The van der Waals surface area contributed by atoms with Crippen molar-refractivity contribution >= 4 is 0 Å². The molecule has 0 aromatic rings. The van der Waals surface area contributed by atoms with E-state index in [1.807, 2.05) is 0 Å². The lowest BCUT2D eigenvalue weighted by Gasteiger charge is -2.22. The standard InChI is InChI=1S/C22H50N4/c1-6-11-12-17-22(23-18-13-15-20-25(7-2)8-3)24-19-14-16-21-26(9-4)10-5/h22-24H,6-21H2,1-5H3/i25+2,26+2. The molecule has 0 fully saturated rings. The van der Waals surface area contributed by atoms with Crippen molar-refractivity contribution in [1.82, 2.24) is 20.4 Å². The highest BCUT2D eigenvalue weighted by Crippen LogP contribution is 2.03. The molecule has 2 N–H and O–H groups in total. The number of nitrogens with one attached hydrogen (secondary N) is 2. The maximum atomic E-state index is 3.77. The van der Waals surface area contributed by atoms with Gasteiger partial charge in [0.15, 0.2) is 0 Å². The van der Waals surface area contributed by atoms with E-state index in [1.165, 1.54) is 90.6 Å². The number of hydrogen-bond donors (Lipinski definition) is 2. The van der Waals surface area contributed by atoms with E-state index < -0.39 is 0 Å². The van der Waals surface area contributed by atoms with E-state index in [0.29, 0.717) is 6.17 Å². The second kappa shape index (κ2) is 19.6. The van der Waals surface area contributed by atoms with E-state index in [1.54, 1.807) is 0 Å². The normalized spacial score (nSPS) is 12.0. The van der Waals surface area contributed by atoms with Crippen LogP contribution in [-0.4, -0.2) is 68.3 Å². The zero-order chi connectivity index (χ0) is 19.5. The maximum absolute atomic E-state index is 3.77. The van der Waals surface area contributed by atoms with Crippen LogP contribution in [0, 0.1) is 0 Å². The molecule has 0 bridgehead atoms. The Bertz CT molecular complexity index is 243. The molecular formula is C22H50N4. The fourth-order valence-electron chi connectivity index (χ4n) is 3.43. The summed E-state index contributed by atoms with van der Waals surface area (Å²) < 4.78 is 0. The van der Waals surface area contributed by atoms with E-state index >= 15 is 0 Å². The predicted octanol–water partition coefficient (Wildman–Crippen LogP) is 4.32. The van der Waals surface area contributed by atoms with E-state index in [-0.39, 0.29) is 0 Å². The summed E-state index contributed by atoms with van der Waals surface area (Å²) >= 11 is 0. The molecule has 0 aliphatic heterocycles. The average molecular weight is 375 g/mol. The van der Waals surface area contributed by atoms with Gasteiger partial charge in [0.2, 0.25) is 0 Å². The molecule has 0 unspecified atom stereocenters. The van der Waals surface area contributed by atoms with Crippen LogP contribution in [0.4, 0.5) is 0 Å². The zero-order valence-corrected chi connectivity index (χ0v) is 18.8. The fraction of sp³-hybridized carbons (Fsp3) is 1.00. The zero-order valence-electron chi connectivity index (χ0n) is 18.8. The molecule has 158 valence electrons. The van der Waals surface area contributed by atoms with Crippen LogP contribution in [0.2, 0.25) is 0 Å². The topological polar surface area (TPSA) is 30.5 Å².